The van der Waals surface area contributed by atoms with E-state index in [1.165, 1.54) is 0 Å². The predicted octanol–water partition coefficient (Wildman–Crippen LogP) is 4.06. The molecule has 0 heterocycles. The molecule has 0 amide bonds. The SMILES string of the molecule is CC(C)C(=O)OOc1ccc(C(=O)c2ccc(Cl)cc2)cc1. The lowest BCUT2D eigenvalue weighted by atomic mass is 10.0. The summed E-state index contributed by atoms with van der Waals surface area (Å²) in [5.41, 5.74) is 1.05. The maximum absolute atomic E-state index is 12.3. The van der Waals surface area contributed by atoms with Crippen LogP contribution in [0.2, 0.25) is 5.02 Å². The lowest BCUT2D eigenvalue weighted by Gasteiger charge is -2.07. The van der Waals surface area contributed by atoms with Crippen molar-refractivity contribution in [1.29, 1.82) is 0 Å². The zero-order valence-corrected chi connectivity index (χ0v) is 13.0. The van der Waals surface area contributed by atoms with Crippen molar-refractivity contribution < 1.29 is 19.4 Å². The molecule has 0 bridgehead atoms. The highest BCUT2D eigenvalue weighted by Crippen LogP contribution is 2.17. The molecule has 0 N–H and O–H groups in total. The smallest absolute Gasteiger partial charge is 0.289 e. The van der Waals surface area contributed by atoms with Crippen LogP contribution in [0.25, 0.3) is 0 Å². The second-order valence-electron chi connectivity index (χ2n) is 5.00. The van der Waals surface area contributed by atoms with Gasteiger partial charge in [0, 0.05) is 16.1 Å². The maximum Gasteiger partial charge on any atom is 0.357 e. The van der Waals surface area contributed by atoms with Crippen LogP contribution in [0, 0.1) is 5.92 Å². The van der Waals surface area contributed by atoms with E-state index < -0.39 is 5.97 Å². The normalized spacial score (nSPS) is 10.4. The molecule has 4 nitrogen and oxygen atoms in total. The third-order valence-corrected chi connectivity index (χ3v) is 3.17. The van der Waals surface area contributed by atoms with E-state index in [1.54, 1.807) is 62.4 Å². The van der Waals surface area contributed by atoms with E-state index in [4.69, 9.17) is 16.5 Å². The van der Waals surface area contributed by atoms with Crippen LogP contribution in [-0.2, 0) is 9.68 Å². The van der Waals surface area contributed by atoms with Gasteiger partial charge in [0.15, 0.2) is 11.5 Å². The fraction of sp³-hybridized carbons (Fsp3) is 0.176. The zero-order chi connectivity index (χ0) is 16.1. The lowest BCUT2D eigenvalue weighted by Crippen LogP contribution is -2.14. The molecule has 2 rings (SSSR count). The van der Waals surface area contributed by atoms with Crippen LogP contribution < -0.4 is 4.89 Å². The number of carbonyl (C=O) groups is 2. The maximum atomic E-state index is 12.3. The molecule has 5 heteroatoms. The van der Waals surface area contributed by atoms with Crippen LogP contribution in [0.15, 0.2) is 48.5 Å². The third kappa shape index (κ3) is 4.09. The quantitative estimate of drug-likeness (QED) is 0.474. The van der Waals surface area contributed by atoms with E-state index in [2.05, 4.69) is 4.89 Å². The van der Waals surface area contributed by atoms with Gasteiger partial charge in [-0.2, -0.15) is 0 Å². The average molecular weight is 319 g/mol. The van der Waals surface area contributed by atoms with E-state index in [0.29, 0.717) is 21.9 Å². The molecule has 0 saturated heterocycles. The second kappa shape index (κ2) is 7.09. The Balaban J connectivity index is 2.03. The summed E-state index contributed by atoms with van der Waals surface area (Å²) in [6, 6.07) is 13.0. The van der Waals surface area contributed by atoms with E-state index >= 15 is 0 Å². The highest BCUT2D eigenvalue weighted by atomic mass is 35.5. The van der Waals surface area contributed by atoms with Crippen molar-refractivity contribution in [1.82, 2.24) is 0 Å². The number of rotatable bonds is 5. The summed E-state index contributed by atoms with van der Waals surface area (Å²) in [6.45, 7) is 3.42. The van der Waals surface area contributed by atoms with Crippen molar-refractivity contribution >= 4 is 23.4 Å². The van der Waals surface area contributed by atoms with Gasteiger partial charge in [0.2, 0.25) is 0 Å². The Kier molecular flexibility index (Phi) is 5.17. The van der Waals surface area contributed by atoms with Gasteiger partial charge in [-0.1, -0.05) is 25.4 Å². The molecule has 0 aromatic heterocycles. The van der Waals surface area contributed by atoms with E-state index in [9.17, 15) is 9.59 Å². The standard InChI is InChI=1S/C17H15ClO4/c1-11(2)17(20)22-21-15-9-5-13(6-10-15)16(19)12-3-7-14(18)8-4-12/h3-11H,1-2H3. The Morgan fingerprint density at radius 3 is 1.91 bits per heavy atom. The Bertz CT molecular complexity index is 660. The predicted molar refractivity (Wildman–Crippen MR) is 82.9 cm³/mol. The molecule has 0 atom stereocenters. The van der Waals surface area contributed by atoms with E-state index in [-0.39, 0.29) is 11.7 Å². The van der Waals surface area contributed by atoms with Crippen LogP contribution in [0.5, 0.6) is 5.75 Å². The summed E-state index contributed by atoms with van der Waals surface area (Å²) < 4.78 is 0. The van der Waals surface area contributed by atoms with Crippen LogP contribution in [-0.4, -0.2) is 11.8 Å². The first kappa shape index (κ1) is 16.0. The van der Waals surface area contributed by atoms with Crippen molar-refractivity contribution in [2.45, 2.75) is 13.8 Å². The van der Waals surface area contributed by atoms with Gasteiger partial charge >= 0.3 is 5.97 Å². The summed E-state index contributed by atoms with van der Waals surface area (Å²) in [5.74, 6) is -0.504. The van der Waals surface area contributed by atoms with Crippen LogP contribution >= 0.6 is 11.6 Å². The first-order valence-corrected chi connectivity index (χ1v) is 7.14. The Hall–Kier alpha value is -2.33. The molecule has 0 aliphatic heterocycles. The number of ketones is 1. The summed E-state index contributed by atoms with van der Waals surface area (Å²) in [4.78, 5) is 33.1. The summed E-state index contributed by atoms with van der Waals surface area (Å²) in [5, 5.41) is 0.576. The molecule has 2 aromatic rings. The highest BCUT2D eigenvalue weighted by molar-refractivity contribution is 6.30. The minimum atomic E-state index is -0.457. The van der Waals surface area contributed by atoms with Crippen molar-refractivity contribution in [3.05, 3.63) is 64.7 Å². The molecular weight excluding hydrogens is 304 g/mol. The molecule has 0 aliphatic rings. The van der Waals surface area contributed by atoms with Crippen molar-refractivity contribution in [3.8, 4) is 5.75 Å². The topological polar surface area (TPSA) is 52.6 Å². The summed E-state index contributed by atoms with van der Waals surface area (Å²) in [7, 11) is 0. The van der Waals surface area contributed by atoms with Gasteiger partial charge in [-0.15, -0.1) is 0 Å². The van der Waals surface area contributed by atoms with Gasteiger partial charge in [-0.05, 0) is 48.5 Å². The summed E-state index contributed by atoms with van der Waals surface area (Å²) >= 11 is 5.80. The van der Waals surface area contributed by atoms with Crippen LogP contribution in [0.1, 0.15) is 29.8 Å². The number of hydrogen-bond acceptors (Lipinski definition) is 4. The Morgan fingerprint density at radius 1 is 0.909 bits per heavy atom. The lowest BCUT2D eigenvalue weighted by molar-refractivity contribution is -0.217. The molecule has 2 aromatic carbocycles. The first-order chi connectivity index (χ1) is 10.5. The van der Waals surface area contributed by atoms with Gasteiger partial charge < -0.3 is 0 Å². The molecule has 0 radical (unpaired) electrons. The van der Waals surface area contributed by atoms with Crippen molar-refractivity contribution in [2.75, 3.05) is 0 Å². The molecule has 22 heavy (non-hydrogen) atoms. The molecule has 0 aliphatic carbocycles. The van der Waals surface area contributed by atoms with Crippen molar-refractivity contribution in [3.63, 3.8) is 0 Å². The fourth-order valence-electron chi connectivity index (χ4n) is 1.62. The Labute approximate surface area is 133 Å². The molecule has 0 saturated carbocycles. The third-order valence-electron chi connectivity index (χ3n) is 2.91. The zero-order valence-electron chi connectivity index (χ0n) is 12.2. The summed E-state index contributed by atoms with van der Waals surface area (Å²) in [6.07, 6.45) is 0. The number of halogens is 1. The van der Waals surface area contributed by atoms with E-state index in [1.807, 2.05) is 0 Å². The fourth-order valence-corrected chi connectivity index (χ4v) is 1.74. The largest absolute Gasteiger partial charge is 0.357 e. The molecular formula is C17H15ClO4. The second-order valence-corrected chi connectivity index (χ2v) is 5.44. The first-order valence-electron chi connectivity index (χ1n) is 6.76. The molecule has 0 unspecified atom stereocenters. The average Bonchev–Trinajstić information content (AvgIpc) is 2.53. The van der Waals surface area contributed by atoms with Gasteiger partial charge in [0.05, 0.1) is 5.92 Å². The molecule has 0 fully saturated rings. The van der Waals surface area contributed by atoms with Gasteiger partial charge in [0.1, 0.15) is 0 Å². The Morgan fingerprint density at radius 2 is 1.41 bits per heavy atom. The van der Waals surface area contributed by atoms with Gasteiger partial charge in [-0.25, -0.2) is 4.79 Å². The highest BCUT2D eigenvalue weighted by Gasteiger charge is 2.12. The van der Waals surface area contributed by atoms with E-state index in [0.717, 1.165) is 0 Å². The molecule has 0 spiro atoms. The molecule has 114 valence electrons. The van der Waals surface area contributed by atoms with Crippen LogP contribution in [0.3, 0.4) is 0 Å². The number of hydrogen-bond donors (Lipinski definition) is 0. The van der Waals surface area contributed by atoms with Crippen molar-refractivity contribution in [2.24, 2.45) is 5.92 Å². The number of benzene rings is 2. The number of carbonyl (C=O) groups excluding carboxylic acids is 2. The van der Waals surface area contributed by atoms with Gasteiger partial charge in [0.25, 0.3) is 0 Å². The minimum Gasteiger partial charge on any atom is -0.289 e. The van der Waals surface area contributed by atoms with Gasteiger partial charge in [-0.3, -0.25) is 14.6 Å². The van der Waals surface area contributed by atoms with Crippen LogP contribution in [0.4, 0.5) is 0 Å². The monoisotopic (exact) mass is 318 g/mol. The minimum absolute atomic E-state index is 0.123.